The van der Waals surface area contributed by atoms with Crippen molar-refractivity contribution in [3.05, 3.63) is 5.82 Å². The standard InChI is InChI=1S/C18H30N6O2/c1-22(2)14-6-12-8-24(18-20-17(16(19)25)21-23(18)3)9-13(12)7-15(14)26-10-11-4-5-11/h11-15H,4-10H2,1-3H3,(H2,19,25)/t12-,13+,14-,15-/m1/s1. The predicted octanol–water partition coefficient (Wildman–Crippen LogP) is 0.486. The van der Waals surface area contributed by atoms with Gasteiger partial charge in [0.2, 0.25) is 11.8 Å². The number of aryl methyl sites for hydroxylation is 1. The van der Waals surface area contributed by atoms with Gasteiger partial charge in [0.25, 0.3) is 5.91 Å². The van der Waals surface area contributed by atoms with Crippen LogP contribution in [0.15, 0.2) is 0 Å². The van der Waals surface area contributed by atoms with E-state index in [1.54, 1.807) is 4.68 Å². The number of rotatable bonds is 6. The number of carbonyl (C=O) groups excluding carboxylic acids is 1. The number of ether oxygens (including phenoxy) is 1. The first-order valence-electron chi connectivity index (χ1n) is 9.66. The number of hydrogen-bond donors (Lipinski definition) is 1. The van der Waals surface area contributed by atoms with Crippen LogP contribution < -0.4 is 10.6 Å². The van der Waals surface area contributed by atoms with Crippen LogP contribution in [0.5, 0.6) is 0 Å². The van der Waals surface area contributed by atoms with Crippen LogP contribution in [-0.2, 0) is 11.8 Å². The summed E-state index contributed by atoms with van der Waals surface area (Å²) in [6.07, 6.45) is 5.20. The lowest BCUT2D eigenvalue weighted by atomic mass is 9.77. The summed E-state index contributed by atoms with van der Waals surface area (Å²) in [5, 5.41) is 4.14. The van der Waals surface area contributed by atoms with Crippen molar-refractivity contribution in [3.8, 4) is 0 Å². The molecule has 4 rings (SSSR count). The van der Waals surface area contributed by atoms with Gasteiger partial charge in [-0.15, -0.1) is 5.10 Å². The van der Waals surface area contributed by atoms with Gasteiger partial charge in [-0.2, -0.15) is 4.98 Å². The van der Waals surface area contributed by atoms with E-state index in [0.29, 0.717) is 24.0 Å². The molecule has 26 heavy (non-hydrogen) atoms. The SMILES string of the molecule is CN(C)[C@@H]1C[C@@H]2CN(c3nc(C(N)=O)nn3C)C[C@@H]2C[C@H]1OCC1CC1. The molecule has 0 bridgehead atoms. The Morgan fingerprint density at radius 1 is 1.27 bits per heavy atom. The van der Waals surface area contributed by atoms with E-state index in [1.807, 2.05) is 7.05 Å². The zero-order valence-electron chi connectivity index (χ0n) is 16.0. The van der Waals surface area contributed by atoms with Gasteiger partial charge in [0, 0.05) is 32.8 Å². The second kappa shape index (κ2) is 6.81. The Morgan fingerprint density at radius 3 is 2.54 bits per heavy atom. The molecule has 0 unspecified atom stereocenters. The summed E-state index contributed by atoms with van der Waals surface area (Å²) in [5.41, 5.74) is 5.33. The molecule has 3 fully saturated rings. The summed E-state index contributed by atoms with van der Waals surface area (Å²) in [6, 6.07) is 0.468. The smallest absolute Gasteiger partial charge is 0.288 e. The maximum atomic E-state index is 11.4. The Hall–Kier alpha value is -1.67. The Morgan fingerprint density at radius 2 is 1.96 bits per heavy atom. The van der Waals surface area contributed by atoms with Crippen molar-refractivity contribution in [3.63, 3.8) is 0 Å². The molecule has 8 nitrogen and oxygen atoms in total. The summed E-state index contributed by atoms with van der Waals surface area (Å²) < 4.78 is 8.00. The summed E-state index contributed by atoms with van der Waals surface area (Å²) in [6.45, 7) is 2.81. The van der Waals surface area contributed by atoms with Crippen molar-refractivity contribution in [1.29, 1.82) is 0 Å². The minimum Gasteiger partial charge on any atom is -0.376 e. The third kappa shape index (κ3) is 3.44. The molecular formula is C18H30N6O2. The molecule has 8 heteroatoms. The van der Waals surface area contributed by atoms with Crippen molar-refractivity contribution >= 4 is 11.9 Å². The van der Waals surface area contributed by atoms with Gasteiger partial charge in [0.1, 0.15) is 0 Å². The van der Waals surface area contributed by atoms with Gasteiger partial charge < -0.3 is 20.3 Å². The number of nitrogens with two attached hydrogens (primary N) is 1. The third-order valence-corrected chi connectivity index (χ3v) is 6.23. The van der Waals surface area contributed by atoms with Gasteiger partial charge in [-0.25, -0.2) is 4.68 Å². The van der Waals surface area contributed by atoms with Gasteiger partial charge in [-0.05, 0) is 57.5 Å². The first kappa shape index (κ1) is 17.7. The molecule has 0 aromatic carbocycles. The number of likely N-dealkylation sites (N-methyl/N-ethyl adjacent to an activating group) is 1. The van der Waals surface area contributed by atoms with E-state index in [2.05, 4.69) is 34.0 Å². The van der Waals surface area contributed by atoms with Crippen molar-refractivity contribution in [2.24, 2.45) is 30.5 Å². The molecule has 2 heterocycles. The van der Waals surface area contributed by atoms with Crippen LogP contribution in [0.25, 0.3) is 0 Å². The number of nitrogens with zero attached hydrogens (tertiary/aromatic N) is 5. The predicted molar refractivity (Wildman–Crippen MR) is 97.9 cm³/mol. The van der Waals surface area contributed by atoms with Crippen LogP contribution in [0.3, 0.4) is 0 Å². The normalized spacial score (nSPS) is 31.5. The van der Waals surface area contributed by atoms with Crippen molar-refractivity contribution in [1.82, 2.24) is 19.7 Å². The zero-order chi connectivity index (χ0) is 18.4. The lowest BCUT2D eigenvalue weighted by Crippen LogP contribution is -2.48. The lowest BCUT2D eigenvalue weighted by Gasteiger charge is -2.41. The van der Waals surface area contributed by atoms with Crippen LogP contribution in [0.4, 0.5) is 5.95 Å². The number of fused-ring (bicyclic) bond motifs is 1. The molecule has 2 aliphatic carbocycles. The number of primary amides is 1. The molecule has 0 spiro atoms. The van der Waals surface area contributed by atoms with E-state index < -0.39 is 5.91 Å². The van der Waals surface area contributed by atoms with E-state index >= 15 is 0 Å². The van der Waals surface area contributed by atoms with Gasteiger partial charge in [-0.1, -0.05) is 0 Å². The molecule has 2 N–H and O–H groups in total. The van der Waals surface area contributed by atoms with E-state index in [-0.39, 0.29) is 5.82 Å². The molecule has 3 aliphatic rings. The van der Waals surface area contributed by atoms with E-state index in [9.17, 15) is 4.79 Å². The van der Waals surface area contributed by atoms with Crippen molar-refractivity contribution in [2.75, 3.05) is 38.7 Å². The number of carbonyl (C=O) groups is 1. The largest absolute Gasteiger partial charge is 0.376 e. The highest BCUT2D eigenvalue weighted by Gasteiger charge is 2.44. The van der Waals surface area contributed by atoms with Gasteiger partial charge in [0.05, 0.1) is 6.10 Å². The Bertz CT molecular complexity index is 671. The highest BCUT2D eigenvalue weighted by Crippen LogP contribution is 2.41. The zero-order valence-corrected chi connectivity index (χ0v) is 16.0. The number of aromatic nitrogens is 3. The monoisotopic (exact) mass is 362 g/mol. The van der Waals surface area contributed by atoms with E-state index in [0.717, 1.165) is 44.4 Å². The van der Waals surface area contributed by atoms with Crippen molar-refractivity contribution in [2.45, 2.75) is 37.8 Å². The van der Waals surface area contributed by atoms with Crippen LogP contribution in [0.1, 0.15) is 36.3 Å². The lowest BCUT2D eigenvalue weighted by molar-refractivity contribution is -0.0493. The molecule has 1 aromatic rings. The molecule has 144 valence electrons. The Kier molecular flexibility index (Phi) is 4.64. The number of amides is 1. The number of hydrogen-bond acceptors (Lipinski definition) is 6. The minimum absolute atomic E-state index is 0.0918. The summed E-state index contributed by atoms with van der Waals surface area (Å²) in [5.74, 6) is 2.27. The first-order valence-corrected chi connectivity index (χ1v) is 9.66. The van der Waals surface area contributed by atoms with Gasteiger partial charge in [-0.3, -0.25) is 4.79 Å². The highest BCUT2D eigenvalue weighted by atomic mass is 16.5. The molecular weight excluding hydrogens is 332 g/mol. The molecule has 2 saturated carbocycles. The van der Waals surface area contributed by atoms with Gasteiger partial charge >= 0.3 is 0 Å². The molecule has 0 radical (unpaired) electrons. The second-order valence-electron chi connectivity index (χ2n) is 8.47. The van der Waals surface area contributed by atoms with Crippen LogP contribution >= 0.6 is 0 Å². The molecule has 1 amide bonds. The fraction of sp³-hybridized carbons (Fsp3) is 0.833. The average Bonchev–Trinajstić information content (AvgIpc) is 3.19. The molecule has 1 aromatic heterocycles. The first-order chi connectivity index (χ1) is 12.4. The topological polar surface area (TPSA) is 89.5 Å². The summed E-state index contributed by atoms with van der Waals surface area (Å²) >= 11 is 0. The minimum atomic E-state index is -0.579. The fourth-order valence-corrected chi connectivity index (χ4v) is 4.58. The van der Waals surface area contributed by atoms with E-state index in [1.165, 1.54) is 12.8 Å². The molecule has 1 saturated heterocycles. The van der Waals surface area contributed by atoms with Gasteiger partial charge in [0.15, 0.2) is 0 Å². The molecule has 4 atom stereocenters. The second-order valence-corrected chi connectivity index (χ2v) is 8.47. The quantitative estimate of drug-likeness (QED) is 0.792. The summed E-state index contributed by atoms with van der Waals surface area (Å²) in [7, 11) is 6.14. The fourth-order valence-electron chi connectivity index (χ4n) is 4.58. The molecule has 1 aliphatic heterocycles. The maximum absolute atomic E-state index is 11.4. The highest BCUT2D eigenvalue weighted by molar-refractivity contribution is 5.89. The average molecular weight is 362 g/mol. The van der Waals surface area contributed by atoms with Crippen LogP contribution in [0.2, 0.25) is 0 Å². The van der Waals surface area contributed by atoms with E-state index in [4.69, 9.17) is 10.5 Å². The Balaban J connectivity index is 1.46. The summed E-state index contributed by atoms with van der Waals surface area (Å²) in [4.78, 5) is 20.3. The van der Waals surface area contributed by atoms with Crippen LogP contribution in [-0.4, -0.2) is 71.5 Å². The third-order valence-electron chi connectivity index (χ3n) is 6.23. The maximum Gasteiger partial charge on any atom is 0.288 e. The number of anilines is 1. The Labute approximate surface area is 154 Å². The van der Waals surface area contributed by atoms with Crippen molar-refractivity contribution < 1.29 is 9.53 Å². The van der Waals surface area contributed by atoms with Crippen LogP contribution in [0, 0.1) is 17.8 Å².